The number of aryl methyl sites for hydroxylation is 1. The molecule has 1 aromatic heterocycles. The number of halogens is 4. The Morgan fingerprint density at radius 2 is 2.05 bits per heavy atom. The molecule has 0 amide bonds. The molecule has 108 valence electrons. The number of oxazole rings is 1. The van der Waals surface area contributed by atoms with Crippen molar-refractivity contribution in [3.05, 3.63) is 40.3 Å². The third-order valence-electron chi connectivity index (χ3n) is 2.70. The van der Waals surface area contributed by atoms with Gasteiger partial charge in [-0.2, -0.15) is 13.2 Å². The summed E-state index contributed by atoms with van der Waals surface area (Å²) in [5, 5.41) is 0. The molecular weight excluding hydrogens is 337 g/mol. The van der Waals surface area contributed by atoms with Crippen LogP contribution in [0, 0.1) is 0 Å². The average molecular weight is 349 g/mol. The van der Waals surface area contributed by atoms with Crippen LogP contribution in [0.2, 0.25) is 0 Å². The minimum atomic E-state index is -4.42. The Morgan fingerprint density at radius 3 is 2.70 bits per heavy atom. The van der Waals surface area contributed by atoms with E-state index in [1.165, 1.54) is 12.3 Å². The van der Waals surface area contributed by atoms with Crippen molar-refractivity contribution in [3.63, 3.8) is 0 Å². The molecule has 7 heteroatoms. The van der Waals surface area contributed by atoms with Crippen molar-refractivity contribution >= 4 is 15.9 Å². The highest BCUT2D eigenvalue weighted by Gasteiger charge is 2.33. The predicted octanol–water partition coefficient (Wildman–Crippen LogP) is 4.01. The first-order chi connectivity index (χ1) is 9.41. The standard InChI is InChI=1S/C13H12BrF3N2O/c14-10-4-3-8(6-9(10)13(15,16)17)11-7-19-12(20-11)2-1-5-18/h3-4,6-7H,1-2,5,18H2. The SMILES string of the molecule is NCCCc1ncc(-c2ccc(Br)c(C(F)(F)F)c2)o1. The lowest BCUT2D eigenvalue weighted by Gasteiger charge is -2.09. The predicted molar refractivity (Wildman–Crippen MR) is 72.0 cm³/mol. The van der Waals surface area contributed by atoms with E-state index in [2.05, 4.69) is 20.9 Å². The molecule has 0 aliphatic carbocycles. The first-order valence-electron chi connectivity index (χ1n) is 5.93. The maximum atomic E-state index is 12.8. The van der Waals surface area contributed by atoms with E-state index in [1.807, 2.05) is 0 Å². The van der Waals surface area contributed by atoms with Crippen molar-refractivity contribution in [3.8, 4) is 11.3 Å². The van der Waals surface area contributed by atoms with Gasteiger partial charge in [0.15, 0.2) is 11.7 Å². The largest absolute Gasteiger partial charge is 0.441 e. The van der Waals surface area contributed by atoms with E-state index in [4.69, 9.17) is 10.2 Å². The summed E-state index contributed by atoms with van der Waals surface area (Å²) in [7, 11) is 0. The van der Waals surface area contributed by atoms with Gasteiger partial charge < -0.3 is 10.2 Å². The fraction of sp³-hybridized carbons (Fsp3) is 0.308. The number of hydrogen-bond acceptors (Lipinski definition) is 3. The van der Waals surface area contributed by atoms with Crippen LogP contribution in [-0.4, -0.2) is 11.5 Å². The minimum Gasteiger partial charge on any atom is -0.441 e. The fourth-order valence-electron chi connectivity index (χ4n) is 1.71. The van der Waals surface area contributed by atoms with E-state index in [-0.39, 0.29) is 4.47 Å². The Hall–Kier alpha value is -1.34. The molecule has 0 saturated carbocycles. The van der Waals surface area contributed by atoms with E-state index in [9.17, 15) is 13.2 Å². The van der Waals surface area contributed by atoms with Crippen molar-refractivity contribution in [1.29, 1.82) is 0 Å². The van der Waals surface area contributed by atoms with Crippen LogP contribution >= 0.6 is 15.9 Å². The van der Waals surface area contributed by atoms with Crippen LogP contribution in [-0.2, 0) is 12.6 Å². The molecule has 0 atom stereocenters. The van der Waals surface area contributed by atoms with E-state index < -0.39 is 11.7 Å². The molecule has 0 spiro atoms. The normalized spacial score (nSPS) is 11.8. The van der Waals surface area contributed by atoms with Crippen LogP contribution in [0.3, 0.4) is 0 Å². The van der Waals surface area contributed by atoms with E-state index >= 15 is 0 Å². The number of alkyl halides is 3. The second-order valence-corrected chi connectivity index (χ2v) is 5.06. The van der Waals surface area contributed by atoms with E-state index in [0.717, 1.165) is 6.07 Å². The van der Waals surface area contributed by atoms with Crippen molar-refractivity contribution in [2.45, 2.75) is 19.0 Å². The number of rotatable bonds is 4. The summed E-state index contributed by atoms with van der Waals surface area (Å²) < 4.78 is 43.9. The Morgan fingerprint density at radius 1 is 1.30 bits per heavy atom. The quantitative estimate of drug-likeness (QED) is 0.907. The van der Waals surface area contributed by atoms with E-state index in [0.29, 0.717) is 36.6 Å². The van der Waals surface area contributed by atoms with Crippen LogP contribution < -0.4 is 5.73 Å². The number of nitrogens with two attached hydrogens (primary N) is 1. The molecule has 20 heavy (non-hydrogen) atoms. The number of aromatic nitrogens is 1. The summed E-state index contributed by atoms with van der Waals surface area (Å²) >= 11 is 2.90. The Bertz CT molecular complexity index is 596. The van der Waals surface area contributed by atoms with Gasteiger partial charge in [-0.1, -0.05) is 22.0 Å². The molecule has 1 aromatic carbocycles. The second-order valence-electron chi connectivity index (χ2n) is 4.20. The van der Waals surface area contributed by atoms with Gasteiger partial charge in [0.2, 0.25) is 0 Å². The highest BCUT2D eigenvalue weighted by molar-refractivity contribution is 9.10. The van der Waals surface area contributed by atoms with Gasteiger partial charge in [0.1, 0.15) is 0 Å². The molecule has 0 saturated heterocycles. The van der Waals surface area contributed by atoms with Gasteiger partial charge in [-0.25, -0.2) is 4.98 Å². The Kier molecular flexibility index (Phi) is 4.49. The van der Waals surface area contributed by atoms with Gasteiger partial charge in [-0.05, 0) is 25.1 Å². The maximum absolute atomic E-state index is 12.8. The maximum Gasteiger partial charge on any atom is 0.417 e. The molecule has 0 unspecified atom stereocenters. The van der Waals surface area contributed by atoms with Crippen LogP contribution in [0.15, 0.2) is 33.3 Å². The molecule has 0 radical (unpaired) electrons. The average Bonchev–Trinajstić information content (AvgIpc) is 2.84. The highest BCUT2D eigenvalue weighted by atomic mass is 79.9. The summed E-state index contributed by atoms with van der Waals surface area (Å²) in [6.07, 6.45) is -1.71. The topological polar surface area (TPSA) is 52.0 Å². The van der Waals surface area contributed by atoms with Gasteiger partial charge in [0, 0.05) is 16.5 Å². The highest BCUT2D eigenvalue weighted by Crippen LogP contribution is 2.37. The molecule has 2 aromatic rings. The smallest absolute Gasteiger partial charge is 0.417 e. The van der Waals surface area contributed by atoms with E-state index in [1.54, 1.807) is 6.07 Å². The molecule has 0 aliphatic rings. The molecule has 2 rings (SSSR count). The zero-order valence-electron chi connectivity index (χ0n) is 10.4. The van der Waals surface area contributed by atoms with Gasteiger partial charge >= 0.3 is 6.18 Å². The molecule has 0 aliphatic heterocycles. The summed E-state index contributed by atoms with van der Waals surface area (Å²) in [6, 6.07) is 3.93. The van der Waals surface area contributed by atoms with Crippen LogP contribution in [0.4, 0.5) is 13.2 Å². The zero-order valence-corrected chi connectivity index (χ0v) is 12.0. The third kappa shape index (κ3) is 3.40. The molecule has 3 nitrogen and oxygen atoms in total. The van der Waals surface area contributed by atoms with Crippen LogP contribution in [0.5, 0.6) is 0 Å². The minimum absolute atomic E-state index is 0.00313. The number of nitrogens with zero attached hydrogens (tertiary/aromatic N) is 1. The summed E-state index contributed by atoms with van der Waals surface area (Å²) in [5.41, 5.74) is 4.98. The Labute approximate surface area is 122 Å². The second kappa shape index (κ2) is 5.97. The van der Waals surface area contributed by atoms with Crippen LogP contribution in [0.1, 0.15) is 17.9 Å². The number of hydrogen-bond donors (Lipinski definition) is 1. The Balaban J connectivity index is 2.31. The zero-order chi connectivity index (χ0) is 14.8. The van der Waals surface area contributed by atoms with Crippen molar-refractivity contribution in [2.75, 3.05) is 6.54 Å². The first kappa shape index (κ1) is 15.1. The number of benzene rings is 1. The lowest BCUT2D eigenvalue weighted by atomic mass is 10.1. The summed E-state index contributed by atoms with van der Waals surface area (Å²) in [6.45, 7) is 0.508. The lowest BCUT2D eigenvalue weighted by Crippen LogP contribution is -2.06. The monoisotopic (exact) mass is 348 g/mol. The van der Waals surface area contributed by atoms with Crippen molar-refractivity contribution in [2.24, 2.45) is 5.73 Å². The first-order valence-corrected chi connectivity index (χ1v) is 6.73. The van der Waals surface area contributed by atoms with Crippen LogP contribution in [0.25, 0.3) is 11.3 Å². The van der Waals surface area contributed by atoms with Gasteiger partial charge in [0.25, 0.3) is 0 Å². The summed E-state index contributed by atoms with van der Waals surface area (Å²) in [5.74, 6) is 0.789. The molecule has 0 bridgehead atoms. The lowest BCUT2D eigenvalue weighted by molar-refractivity contribution is -0.138. The molecule has 1 heterocycles. The fourth-order valence-corrected chi connectivity index (χ4v) is 2.18. The van der Waals surface area contributed by atoms with Gasteiger partial charge in [-0.15, -0.1) is 0 Å². The van der Waals surface area contributed by atoms with Gasteiger partial charge in [0.05, 0.1) is 11.8 Å². The third-order valence-corrected chi connectivity index (χ3v) is 3.40. The summed E-state index contributed by atoms with van der Waals surface area (Å²) in [4.78, 5) is 4.03. The molecule has 0 fully saturated rings. The molecule has 2 N–H and O–H groups in total. The van der Waals surface area contributed by atoms with Crippen molar-refractivity contribution < 1.29 is 17.6 Å². The van der Waals surface area contributed by atoms with Gasteiger partial charge in [-0.3, -0.25) is 0 Å². The van der Waals surface area contributed by atoms with Crippen molar-refractivity contribution in [1.82, 2.24) is 4.98 Å². The molecular formula is C13H12BrF3N2O.